The van der Waals surface area contributed by atoms with E-state index in [1.54, 1.807) is 13.0 Å². The number of anilines is 1. The highest BCUT2D eigenvalue weighted by Gasteiger charge is 2.15. The van der Waals surface area contributed by atoms with Gasteiger partial charge in [-0.05, 0) is 25.0 Å². The van der Waals surface area contributed by atoms with Gasteiger partial charge in [0, 0.05) is 26.1 Å². The predicted molar refractivity (Wildman–Crippen MR) is 87.2 cm³/mol. The predicted octanol–water partition coefficient (Wildman–Crippen LogP) is 2.00. The molecule has 0 aliphatic rings. The second-order valence-corrected chi connectivity index (χ2v) is 5.42. The summed E-state index contributed by atoms with van der Waals surface area (Å²) < 4.78 is 4.98. The van der Waals surface area contributed by atoms with E-state index in [1.165, 1.54) is 11.8 Å². The fraction of sp³-hybridized carbons (Fsp3) is 0.353. The molecule has 0 fully saturated rings. The lowest BCUT2D eigenvalue weighted by Gasteiger charge is -2.17. The van der Waals surface area contributed by atoms with Crippen molar-refractivity contribution in [2.24, 2.45) is 0 Å². The van der Waals surface area contributed by atoms with E-state index in [-0.39, 0.29) is 11.8 Å². The lowest BCUT2D eigenvalue weighted by molar-refractivity contribution is -0.121. The van der Waals surface area contributed by atoms with Gasteiger partial charge in [-0.15, -0.1) is 0 Å². The standard InChI is InChI=1S/C17H21N3O3/c1-12-6-4-5-7-15(12)11-17(22)18-8-9-20(14(3)21)16-10-13(2)23-19-16/h4-7,10H,8-9,11H2,1-3H3,(H,18,22). The number of nitrogens with zero attached hydrogens (tertiary/aromatic N) is 2. The van der Waals surface area contributed by atoms with E-state index in [2.05, 4.69) is 10.5 Å². The molecule has 0 unspecified atom stereocenters. The quantitative estimate of drug-likeness (QED) is 0.884. The molecular weight excluding hydrogens is 294 g/mol. The van der Waals surface area contributed by atoms with Crippen molar-refractivity contribution in [2.75, 3.05) is 18.0 Å². The minimum absolute atomic E-state index is 0.0702. The zero-order chi connectivity index (χ0) is 16.8. The molecular formula is C17H21N3O3. The molecule has 2 aromatic rings. The minimum Gasteiger partial charge on any atom is -0.360 e. The summed E-state index contributed by atoms with van der Waals surface area (Å²) in [4.78, 5) is 25.2. The van der Waals surface area contributed by atoms with Gasteiger partial charge in [-0.2, -0.15) is 0 Å². The average molecular weight is 315 g/mol. The molecule has 1 aromatic heterocycles. The number of hydrogen-bond donors (Lipinski definition) is 1. The van der Waals surface area contributed by atoms with Crippen molar-refractivity contribution in [2.45, 2.75) is 27.2 Å². The van der Waals surface area contributed by atoms with Gasteiger partial charge in [-0.1, -0.05) is 29.4 Å². The van der Waals surface area contributed by atoms with Gasteiger partial charge in [0.2, 0.25) is 11.8 Å². The molecule has 6 nitrogen and oxygen atoms in total. The highest BCUT2D eigenvalue weighted by atomic mass is 16.5. The van der Waals surface area contributed by atoms with Crippen LogP contribution < -0.4 is 10.2 Å². The van der Waals surface area contributed by atoms with Gasteiger partial charge >= 0.3 is 0 Å². The Labute approximate surface area is 135 Å². The molecule has 0 aliphatic carbocycles. The number of amides is 2. The van der Waals surface area contributed by atoms with Crippen LogP contribution in [0.3, 0.4) is 0 Å². The first-order chi connectivity index (χ1) is 11.0. The van der Waals surface area contributed by atoms with Crippen LogP contribution in [-0.2, 0) is 16.0 Å². The van der Waals surface area contributed by atoms with Crippen molar-refractivity contribution in [3.63, 3.8) is 0 Å². The highest BCUT2D eigenvalue weighted by Crippen LogP contribution is 2.13. The molecule has 0 bridgehead atoms. The van der Waals surface area contributed by atoms with Crippen molar-refractivity contribution in [3.05, 3.63) is 47.2 Å². The summed E-state index contributed by atoms with van der Waals surface area (Å²) in [7, 11) is 0. The molecule has 1 aromatic carbocycles. The SMILES string of the molecule is CC(=O)N(CCNC(=O)Cc1ccccc1C)c1cc(C)on1. The number of hydrogen-bond acceptors (Lipinski definition) is 4. The van der Waals surface area contributed by atoms with Crippen molar-refractivity contribution in [1.29, 1.82) is 0 Å². The number of carbonyl (C=O) groups is 2. The maximum Gasteiger partial charge on any atom is 0.225 e. The number of aryl methyl sites for hydroxylation is 2. The maximum atomic E-state index is 12.0. The first kappa shape index (κ1) is 16.7. The van der Waals surface area contributed by atoms with Crippen LogP contribution in [0.4, 0.5) is 5.82 Å². The van der Waals surface area contributed by atoms with Crippen molar-refractivity contribution in [3.8, 4) is 0 Å². The summed E-state index contributed by atoms with van der Waals surface area (Å²) in [5.74, 6) is 0.878. The molecule has 2 rings (SSSR count). The molecule has 122 valence electrons. The summed E-state index contributed by atoms with van der Waals surface area (Å²) in [5.41, 5.74) is 2.09. The molecule has 2 amide bonds. The van der Waals surface area contributed by atoms with Crippen molar-refractivity contribution < 1.29 is 14.1 Å². The third-order valence-corrected chi connectivity index (χ3v) is 3.54. The highest BCUT2D eigenvalue weighted by molar-refractivity contribution is 5.90. The Balaban J connectivity index is 1.86. The summed E-state index contributed by atoms with van der Waals surface area (Å²) in [5, 5.41) is 6.66. The Morgan fingerprint density at radius 3 is 2.61 bits per heavy atom. The number of nitrogens with one attached hydrogen (secondary N) is 1. The van der Waals surface area contributed by atoms with Crippen LogP contribution in [0.25, 0.3) is 0 Å². The molecule has 1 N–H and O–H groups in total. The maximum absolute atomic E-state index is 12.0. The summed E-state index contributed by atoms with van der Waals surface area (Å²) >= 11 is 0. The summed E-state index contributed by atoms with van der Waals surface area (Å²) in [6.45, 7) is 5.90. The van der Waals surface area contributed by atoms with Gasteiger partial charge in [0.05, 0.1) is 6.42 Å². The van der Waals surface area contributed by atoms with Crippen LogP contribution in [0.2, 0.25) is 0 Å². The van der Waals surface area contributed by atoms with Gasteiger partial charge < -0.3 is 9.84 Å². The smallest absolute Gasteiger partial charge is 0.225 e. The summed E-state index contributed by atoms with van der Waals surface area (Å²) in [6, 6.07) is 9.47. The lowest BCUT2D eigenvalue weighted by Crippen LogP contribution is -2.38. The van der Waals surface area contributed by atoms with Crippen molar-refractivity contribution in [1.82, 2.24) is 10.5 Å². The fourth-order valence-corrected chi connectivity index (χ4v) is 2.26. The number of benzene rings is 1. The van der Waals surface area contributed by atoms with E-state index < -0.39 is 0 Å². The number of aromatic nitrogens is 1. The summed E-state index contributed by atoms with van der Waals surface area (Å²) in [6.07, 6.45) is 0.329. The Kier molecular flexibility index (Phi) is 5.51. The topological polar surface area (TPSA) is 75.4 Å². The van der Waals surface area contributed by atoms with E-state index in [0.29, 0.717) is 31.1 Å². The second-order valence-electron chi connectivity index (χ2n) is 5.42. The van der Waals surface area contributed by atoms with E-state index in [1.807, 2.05) is 31.2 Å². The van der Waals surface area contributed by atoms with E-state index in [0.717, 1.165) is 11.1 Å². The van der Waals surface area contributed by atoms with Gasteiger partial charge in [0.25, 0.3) is 0 Å². The number of rotatable bonds is 6. The van der Waals surface area contributed by atoms with Crippen LogP contribution in [0, 0.1) is 13.8 Å². The van der Waals surface area contributed by atoms with Crippen LogP contribution in [-0.4, -0.2) is 30.1 Å². The Morgan fingerprint density at radius 1 is 1.26 bits per heavy atom. The molecule has 23 heavy (non-hydrogen) atoms. The zero-order valence-electron chi connectivity index (χ0n) is 13.6. The largest absolute Gasteiger partial charge is 0.360 e. The average Bonchev–Trinajstić information content (AvgIpc) is 2.92. The van der Waals surface area contributed by atoms with E-state index in [9.17, 15) is 9.59 Å². The van der Waals surface area contributed by atoms with Crippen molar-refractivity contribution >= 4 is 17.6 Å². The zero-order valence-corrected chi connectivity index (χ0v) is 13.6. The van der Waals surface area contributed by atoms with E-state index in [4.69, 9.17) is 4.52 Å². The fourth-order valence-electron chi connectivity index (χ4n) is 2.26. The molecule has 6 heteroatoms. The number of carbonyl (C=O) groups excluding carboxylic acids is 2. The first-order valence-corrected chi connectivity index (χ1v) is 7.50. The van der Waals surface area contributed by atoms with Gasteiger partial charge in [-0.3, -0.25) is 14.5 Å². The molecule has 0 atom stereocenters. The Bertz CT molecular complexity index is 694. The molecule has 0 saturated heterocycles. The molecule has 1 heterocycles. The molecule has 0 radical (unpaired) electrons. The third kappa shape index (κ3) is 4.67. The molecule has 0 spiro atoms. The Morgan fingerprint density at radius 2 is 2.00 bits per heavy atom. The normalized spacial score (nSPS) is 10.4. The van der Waals surface area contributed by atoms with Gasteiger partial charge in [0.15, 0.2) is 5.82 Å². The molecule has 0 saturated carbocycles. The molecule has 0 aliphatic heterocycles. The second kappa shape index (κ2) is 7.58. The minimum atomic E-state index is -0.147. The van der Waals surface area contributed by atoms with Crippen LogP contribution >= 0.6 is 0 Å². The van der Waals surface area contributed by atoms with Gasteiger partial charge in [0.1, 0.15) is 5.76 Å². The van der Waals surface area contributed by atoms with Crippen LogP contribution in [0.1, 0.15) is 23.8 Å². The lowest BCUT2D eigenvalue weighted by atomic mass is 10.1. The first-order valence-electron chi connectivity index (χ1n) is 7.50. The van der Waals surface area contributed by atoms with Crippen LogP contribution in [0.5, 0.6) is 0 Å². The van der Waals surface area contributed by atoms with Crippen LogP contribution in [0.15, 0.2) is 34.9 Å². The van der Waals surface area contributed by atoms with Gasteiger partial charge in [-0.25, -0.2) is 0 Å². The Hall–Kier alpha value is -2.63. The monoisotopic (exact) mass is 315 g/mol. The van der Waals surface area contributed by atoms with E-state index >= 15 is 0 Å². The third-order valence-electron chi connectivity index (χ3n) is 3.54.